The van der Waals surface area contributed by atoms with Crippen molar-refractivity contribution in [3.05, 3.63) is 46.5 Å². The number of nitrogens with two attached hydrogens (primary N) is 1. The van der Waals surface area contributed by atoms with E-state index in [0.717, 1.165) is 48.8 Å². The molecule has 1 saturated carbocycles. The fraction of sp³-hybridized carbons (Fsp3) is 0.500. The highest BCUT2D eigenvalue weighted by atomic mass is 16.5. The molecule has 0 radical (unpaired) electrons. The number of guanidine groups is 1. The van der Waals surface area contributed by atoms with E-state index < -0.39 is 5.54 Å². The molecule has 29 heavy (non-hydrogen) atoms. The Bertz CT molecular complexity index is 974. The monoisotopic (exact) mass is 391 g/mol. The van der Waals surface area contributed by atoms with Crippen molar-refractivity contribution in [1.82, 2.24) is 4.90 Å². The molecule has 152 valence electrons. The van der Waals surface area contributed by atoms with Gasteiger partial charge in [-0.15, -0.1) is 0 Å². The minimum Gasteiger partial charge on any atom is -0.381 e. The number of rotatable bonds is 1. The summed E-state index contributed by atoms with van der Waals surface area (Å²) in [5.41, 5.74) is 9.09. The predicted octanol–water partition coefficient (Wildman–Crippen LogP) is 3.12. The summed E-state index contributed by atoms with van der Waals surface area (Å²) >= 11 is 0. The number of methoxy groups -OCH3 is 1. The normalized spacial score (nSPS) is 31.1. The Morgan fingerprint density at radius 1 is 1.38 bits per heavy atom. The molecule has 0 bridgehead atoms. The average Bonchev–Trinajstić information content (AvgIpc) is 3.13. The first-order valence-corrected chi connectivity index (χ1v) is 10.3. The van der Waals surface area contributed by atoms with E-state index in [2.05, 4.69) is 30.0 Å². The van der Waals surface area contributed by atoms with Gasteiger partial charge in [0.2, 0.25) is 0 Å². The standard InChI is InChI=1S/C24H29N3O2/c1-5-16(2)6-7-17-8-9-18-15-23(12-10-19(29-4)11-13-23)24(20(18)14-17)21(28)27(3)22(25)26-24/h5,8-9,14,19H,10-13,15H2,1-4H3,(H2,25,26). The maximum absolute atomic E-state index is 13.6. The highest BCUT2D eigenvalue weighted by molar-refractivity contribution is 6.08. The molecule has 1 fully saturated rings. The van der Waals surface area contributed by atoms with E-state index in [9.17, 15) is 4.79 Å². The third kappa shape index (κ3) is 2.81. The molecule has 1 aromatic carbocycles. The van der Waals surface area contributed by atoms with Crippen molar-refractivity contribution >= 4 is 11.9 Å². The van der Waals surface area contributed by atoms with Gasteiger partial charge in [0.15, 0.2) is 11.5 Å². The summed E-state index contributed by atoms with van der Waals surface area (Å²) in [5.74, 6) is 6.69. The van der Waals surface area contributed by atoms with Crippen molar-refractivity contribution < 1.29 is 9.53 Å². The number of amides is 1. The van der Waals surface area contributed by atoms with Crippen molar-refractivity contribution in [2.24, 2.45) is 16.1 Å². The lowest BCUT2D eigenvalue weighted by molar-refractivity contribution is -0.137. The third-order valence-electron chi connectivity index (χ3n) is 7.10. The van der Waals surface area contributed by atoms with Gasteiger partial charge in [-0.1, -0.05) is 24.0 Å². The van der Waals surface area contributed by atoms with Crippen LogP contribution in [0.4, 0.5) is 0 Å². The molecule has 5 heteroatoms. The SMILES string of the molecule is CC=C(C)C#Cc1ccc2c(c1)C1(N=C(N)N(C)C1=O)C1(CCC(OC)CC1)C2. The smallest absolute Gasteiger partial charge is 0.262 e. The zero-order valence-corrected chi connectivity index (χ0v) is 17.7. The average molecular weight is 392 g/mol. The number of aliphatic imine (C=N–C) groups is 1. The number of nitrogens with zero attached hydrogens (tertiary/aromatic N) is 2. The van der Waals surface area contributed by atoms with Crippen LogP contribution in [0.25, 0.3) is 0 Å². The maximum Gasteiger partial charge on any atom is 0.262 e. The predicted molar refractivity (Wildman–Crippen MR) is 114 cm³/mol. The molecule has 2 aliphatic carbocycles. The van der Waals surface area contributed by atoms with Crippen LogP contribution in [0.1, 0.15) is 56.2 Å². The summed E-state index contributed by atoms with van der Waals surface area (Å²) in [7, 11) is 3.49. The Balaban J connectivity index is 1.85. The lowest BCUT2D eigenvalue weighted by Gasteiger charge is -2.45. The van der Waals surface area contributed by atoms with E-state index >= 15 is 0 Å². The molecule has 1 heterocycles. The first-order chi connectivity index (χ1) is 13.9. The molecule has 0 saturated heterocycles. The van der Waals surface area contributed by atoms with E-state index in [0.29, 0.717) is 5.96 Å². The van der Waals surface area contributed by atoms with Gasteiger partial charge in [-0.3, -0.25) is 9.69 Å². The van der Waals surface area contributed by atoms with Gasteiger partial charge in [-0.05, 0) is 74.8 Å². The van der Waals surface area contributed by atoms with Crippen LogP contribution in [0.5, 0.6) is 0 Å². The van der Waals surface area contributed by atoms with Crippen LogP contribution in [0.2, 0.25) is 0 Å². The van der Waals surface area contributed by atoms with Gasteiger partial charge in [0.1, 0.15) is 0 Å². The number of ether oxygens (including phenoxy) is 1. The summed E-state index contributed by atoms with van der Waals surface area (Å²) in [4.78, 5) is 20.0. The third-order valence-corrected chi connectivity index (χ3v) is 7.10. The van der Waals surface area contributed by atoms with E-state index in [1.165, 1.54) is 10.5 Å². The highest BCUT2D eigenvalue weighted by Gasteiger charge is 2.66. The topological polar surface area (TPSA) is 67.9 Å². The number of hydrogen-bond donors (Lipinski definition) is 1. The molecule has 1 unspecified atom stereocenters. The van der Waals surface area contributed by atoms with Gasteiger partial charge >= 0.3 is 0 Å². The van der Waals surface area contributed by atoms with Gasteiger partial charge in [-0.25, -0.2) is 4.99 Å². The largest absolute Gasteiger partial charge is 0.381 e. The number of likely N-dealkylation sites (N-methyl/N-ethyl adjacent to an activating group) is 1. The molecule has 1 aromatic rings. The van der Waals surface area contributed by atoms with Crippen molar-refractivity contribution in [2.75, 3.05) is 14.2 Å². The second kappa shape index (κ2) is 7.03. The van der Waals surface area contributed by atoms with Gasteiger partial charge in [0.25, 0.3) is 5.91 Å². The number of carbonyl (C=O) groups excluding carboxylic acids is 1. The fourth-order valence-corrected chi connectivity index (χ4v) is 5.25. The molecule has 3 aliphatic rings. The minimum atomic E-state index is -0.937. The fourth-order valence-electron chi connectivity index (χ4n) is 5.25. The quantitative estimate of drug-likeness (QED) is 0.748. The molecule has 1 amide bonds. The second-order valence-corrected chi connectivity index (χ2v) is 8.53. The van der Waals surface area contributed by atoms with Crippen molar-refractivity contribution in [3.8, 4) is 11.8 Å². The summed E-state index contributed by atoms with van der Waals surface area (Å²) in [6.07, 6.45) is 6.76. The number of fused-ring (bicyclic) bond motifs is 3. The molecule has 1 atom stereocenters. The molecule has 2 spiro atoms. The number of hydrogen-bond acceptors (Lipinski definition) is 4. The maximum atomic E-state index is 13.6. The Morgan fingerprint density at radius 3 is 2.69 bits per heavy atom. The van der Waals surface area contributed by atoms with Crippen LogP contribution in [-0.4, -0.2) is 37.0 Å². The Hall–Kier alpha value is -2.58. The number of benzene rings is 1. The first-order valence-electron chi connectivity index (χ1n) is 10.3. The molecular formula is C24H29N3O2. The highest BCUT2D eigenvalue weighted by Crippen LogP contribution is 2.61. The zero-order chi connectivity index (χ0) is 20.8. The Kier molecular flexibility index (Phi) is 4.78. The van der Waals surface area contributed by atoms with Crippen LogP contribution in [0, 0.1) is 17.3 Å². The molecule has 4 rings (SSSR count). The van der Waals surface area contributed by atoms with Crippen LogP contribution in [0.15, 0.2) is 34.8 Å². The van der Waals surface area contributed by atoms with Crippen molar-refractivity contribution in [1.29, 1.82) is 0 Å². The lowest BCUT2D eigenvalue weighted by atomic mass is 9.61. The zero-order valence-electron chi connectivity index (χ0n) is 17.7. The molecular weight excluding hydrogens is 362 g/mol. The van der Waals surface area contributed by atoms with E-state index in [1.54, 1.807) is 14.2 Å². The van der Waals surface area contributed by atoms with E-state index in [4.69, 9.17) is 15.5 Å². The Labute approximate surface area is 173 Å². The molecule has 2 N–H and O–H groups in total. The van der Waals surface area contributed by atoms with Crippen LogP contribution >= 0.6 is 0 Å². The molecule has 5 nitrogen and oxygen atoms in total. The van der Waals surface area contributed by atoms with Crippen LogP contribution in [-0.2, 0) is 21.5 Å². The minimum absolute atomic E-state index is 0.0145. The Morgan fingerprint density at radius 2 is 2.10 bits per heavy atom. The summed E-state index contributed by atoms with van der Waals surface area (Å²) in [5, 5.41) is 0. The van der Waals surface area contributed by atoms with Gasteiger partial charge in [0, 0.05) is 25.1 Å². The van der Waals surface area contributed by atoms with Gasteiger partial charge < -0.3 is 10.5 Å². The van der Waals surface area contributed by atoms with E-state index in [-0.39, 0.29) is 17.4 Å². The van der Waals surface area contributed by atoms with Gasteiger partial charge in [-0.2, -0.15) is 0 Å². The van der Waals surface area contributed by atoms with Gasteiger partial charge in [0.05, 0.1) is 6.10 Å². The van der Waals surface area contributed by atoms with Crippen molar-refractivity contribution in [3.63, 3.8) is 0 Å². The lowest BCUT2D eigenvalue weighted by Crippen LogP contribution is -2.51. The van der Waals surface area contributed by atoms with Crippen LogP contribution < -0.4 is 5.73 Å². The first kappa shape index (κ1) is 19.7. The summed E-state index contributed by atoms with van der Waals surface area (Å²) < 4.78 is 5.60. The summed E-state index contributed by atoms with van der Waals surface area (Å²) in [6.45, 7) is 3.97. The summed E-state index contributed by atoms with van der Waals surface area (Å²) in [6, 6.07) is 6.25. The van der Waals surface area contributed by atoms with Crippen molar-refractivity contribution in [2.45, 2.75) is 57.6 Å². The van der Waals surface area contributed by atoms with Crippen LogP contribution in [0.3, 0.4) is 0 Å². The molecule has 1 aliphatic heterocycles. The van der Waals surface area contributed by atoms with E-state index in [1.807, 2.05) is 19.9 Å². The number of allylic oxidation sites excluding steroid dienone is 2. The molecule has 0 aromatic heterocycles. The second-order valence-electron chi connectivity index (χ2n) is 8.53. The number of carbonyl (C=O) groups is 1.